The maximum absolute atomic E-state index is 13.5. The lowest BCUT2D eigenvalue weighted by Crippen LogP contribution is -2.36. The van der Waals surface area contributed by atoms with Gasteiger partial charge in [0.05, 0.1) is 7.98 Å². The number of carbonyl (C=O) groups excluding carboxylic acids is 1. The molecule has 1 aromatic heterocycles. The summed E-state index contributed by atoms with van der Waals surface area (Å²) in [7, 11) is 0. The number of nitrogens with zero attached hydrogens (tertiary/aromatic N) is 1. The minimum Gasteiger partial charge on any atom is -0.493 e. The van der Waals surface area contributed by atoms with E-state index in [1.807, 2.05) is 24.3 Å². The van der Waals surface area contributed by atoms with Crippen molar-refractivity contribution in [2.75, 3.05) is 6.61 Å². The topological polar surface area (TPSA) is 99.7 Å². The van der Waals surface area contributed by atoms with Crippen molar-refractivity contribution in [1.29, 1.82) is 0 Å². The molecule has 7 nitrogen and oxygen atoms in total. The van der Waals surface area contributed by atoms with Gasteiger partial charge in [0.2, 0.25) is 5.56 Å². The largest absolute Gasteiger partial charge is 0.493 e. The average molecular weight is 478 g/mol. The normalized spacial score (nSPS) is 11.5. The second-order valence-corrected chi connectivity index (χ2v) is 8.51. The van der Waals surface area contributed by atoms with Crippen LogP contribution in [-0.4, -0.2) is 39.5 Å². The van der Waals surface area contributed by atoms with Crippen LogP contribution in [0.25, 0.3) is 11.3 Å². The fourth-order valence-corrected chi connectivity index (χ4v) is 3.68. The molecule has 0 saturated heterocycles. The Hall–Kier alpha value is -3.87. The Kier molecular flexibility index (Phi) is 8.70. The maximum atomic E-state index is 13.5. The highest BCUT2D eigenvalue weighted by Crippen LogP contribution is 2.23. The predicted molar refractivity (Wildman–Crippen MR) is 136 cm³/mol. The summed E-state index contributed by atoms with van der Waals surface area (Å²) in [5.74, 6) is -0.443. The number of hydrogen-bond acceptors (Lipinski definition) is 4. The lowest BCUT2D eigenvalue weighted by atomic mass is 10.1. The number of carboxylic acid groups (broad SMARTS) is 1. The van der Waals surface area contributed by atoms with Crippen molar-refractivity contribution in [3.63, 3.8) is 0 Å². The Labute approximate surface area is 206 Å². The first-order chi connectivity index (χ1) is 17.1. The zero-order chi connectivity index (χ0) is 26.1. The van der Waals surface area contributed by atoms with Crippen molar-refractivity contribution >= 4 is 11.9 Å². The molecule has 0 atom stereocenters. The van der Waals surface area contributed by atoms with Crippen LogP contribution >= 0.6 is 0 Å². The van der Waals surface area contributed by atoms with E-state index < -0.39 is 12.0 Å². The standard InChI is InChI=1S/C28H32N2O5/c1-20(2)30(19-23-9-5-6-11-25(23)35-18-7-3-4-13-27(32)33)28(34)22-16-14-21(15-17-22)24-10-8-12-26(31)29-24/h5-6,8-12,14-17,20H,3-4,7,13,18-19H2,1-2H3,(H,29,31)(H,32,33)/i20D. The number of para-hydroxylation sites is 1. The van der Waals surface area contributed by atoms with Crippen molar-refractivity contribution in [3.8, 4) is 17.0 Å². The van der Waals surface area contributed by atoms with E-state index in [1.165, 1.54) is 11.0 Å². The van der Waals surface area contributed by atoms with Crippen molar-refractivity contribution in [1.82, 2.24) is 9.88 Å². The van der Waals surface area contributed by atoms with Gasteiger partial charge in [0.25, 0.3) is 5.91 Å². The van der Waals surface area contributed by atoms with Crippen LogP contribution in [0.3, 0.4) is 0 Å². The highest BCUT2D eigenvalue weighted by molar-refractivity contribution is 5.94. The van der Waals surface area contributed by atoms with E-state index in [0.717, 1.165) is 24.0 Å². The van der Waals surface area contributed by atoms with Gasteiger partial charge in [-0.3, -0.25) is 14.4 Å². The first-order valence-corrected chi connectivity index (χ1v) is 11.7. The highest BCUT2D eigenvalue weighted by atomic mass is 16.5. The number of rotatable bonds is 12. The molecule has 0 radical (unpaired) electrons. The van der Waals surface area contributed by atoms with Gasteiger partial charge in [0.1, 0.15) is 5.75 Å². The molecule has 35 heavy (non-hydrogen) atoms. The van der Waals surface area contributed by atoms with Crippen LogP contribution < -0.4 is 10.3 Å². The molecule has 1 amide bonds. The van der Waals surface area contributed by atoms with E-state index in [0.29, 0.717) is 30.0 Å². The number of H-pyrrole nitrogens is 1. The Morgan fingerprint density at radius 2 is 1.74 bits per heavy atom. The van der Waals surface area contributed by atoms with Gasteiger partial charge >= 0.3 is 5.97 Å². The lowest BCUT2D eigenvalue weighted by Gasteiger charge is -2.28. The van der Waals surface area contributed by atoms with Crippen LogP contribution in [0.15, 0.2) is 71.5 Å². The number of aromatic nitrogens is 1. The van der Waals surface area contributed by atoms with Gasteiger partial charge < -0.3 is 19.7 Å². The number of unbranched alkanes of at least 4 members (excludes halogenated alkanes) is 2. The molecular weight excluding hydrogens is 444 g/mol. The van der Waals surface area contributed by atoms with Gasteiger partial charge in [-0.1, -0.05) is 36.4 Å². The number of amides is 1. The summed E-state index contributed by atoms with van der Waals surface area (Å²) >= 11 is 0. The summed E-state index contributed by atoms with van der Waals surface area (Å²) in [6, 6.07) is 18.1. The van der Waals surface area contributed by atoms with Crippen LogP contribution in [0.4, 0.5) is 0 Å². The Morgan fingerprint density at radius 1 is 1.00 bits per heavy atom. The van der Waals surface area contributed by atoms with Gasteiger partial charge in [-0.2, -0.15) is 0 Å². The summed E-state index contributed by atoms with van der Waals surface area (Å²) in [4.78, 5) is 40.0. The number of hydrogen-bond donors (Lipinski definition) is 2. The monoisotopic (exact) mass is 477 g/mol. The van der Waals surface area contributed by atoms with Gasteiger partial charge in [0.15, 0.2) is 0 Å². The minimum atomic E-state index is -1.19. The second kappa shape index (κ2) is 12.6. The quantitative estimate of drug-likeness (QED) is 0.353. The highest BCUT2D eigenvalue weighted by Gasteiger charge is 2.21. The summed E-state index contributed by atoms with van der Waals surface area (Å²) in [5.41, 5.74) is 2.47. The van der Waals surface area contributed by atoms with Crippen molar-refractivity contribution in [2.45, 2.75) is 52.1 Å². The van der Waals surface area contributed by atoms with E-state index in [4.69, 9.17) is 11.2 Å². The number of nitrogens with one attached hydrogen (secondary N) is 1. The van der Waals surface area contributed by atoms with Crippen molar-refractivity contribution < 1.29 is 20.8 Å². The van der Waals surface area contributed by atoms with E-state index in [1.54, 1.807) is 50.2 Å². The molecule has 2 aromatic carbocycles. The third-order valence-electron chi connectivity index (χ3n) is 5.59. The summed E-state index contributed by atoms with van der Waals surface area (Å²) in [6.07, 6.45) is 2.24. The molecule has 184 valence electrons. The fraction of sp³-hybridized carbons (Fsp3) is 0.321. The van der Waals surface area contributed by atoms with Crippen LogP contribution in [0, 0.1) is 0 Å². The number of aliphatic carboxylic acids is 1. The summed E-state index contributed by atoms with van der Waals surface area (Å²) in [5, 5.41) is 8.75. The predicted octanol–water partition coefficient (Wildman–Crippen LogP) is 5.12. The smallest absolute Gasteiger partial charge is 0.303 e. The average Bonchev–Trinajstić information content (AvgIpc) is 2.84. The van der Waals surface area contributed by atoms with Gasteiger partial charge in [-0.25, -0.2) is 0 Å². The Bertz CT molecular complexity index is 1230. The zero-order valence-corrected chi connectivity index (χ0v) is 20.1. The van der Waals surface area contributed by atoms with Crippen LogP contribution in [0.2, 0.25) is 0 Å². The molecule has 0 spiro atoms. The number of carboxylic acids is 1. The first-order valence-electron chi connectivity index (χ1n) is 12.2. The minimum absolute atomic E-state index is 0.149. The van der Waals surface area contributed by atoms with Gasteiger partial charge in [-0.15, -0.1) is 0 Å². The SMILES string of the molecule is [2H]C(C)(C)N(Cc1ccccc1OCCCCCC(=O)O)C(=O)c1ccc(-c2cccc(=O)[nH]2)cc1. The Balaban J connectivity index is 1.72. The number of pyridine rings is 1. The third kappa shape index (κ3) is 7.57. The Morgan fingerprint density at radius 3 is 2.43 bits per heavy atom. The third-order valence-corrected chi connectivity index (χ3v) is 5.59. The number of carbonyl (C=O) groups is 2. The molecule has 0 aliphatic rings. The molecule has 1 heterocycles. The number of aromatic amines is 1. The molecule has 2 N–H and O–H groups in total. The van der Waals surface area contributed by atoms with Crippen LogP contribution in [0.1, 0.15) is 56.8 Å². The molecular formula is C28H32N2O5. The molecule has 0 aliphatic heterocycles. The summed E-state index contributed by atoms with van der Waals surface area (Å²) in [6.45, 7) is 3.97. The number of ether oxygens (including phenoxy) is 1. The molecule has 0 saturated carbocycles. The number of benzene rings is 2. The van der Waals surface area contributed by atoms with Crippen LogP contribution in [0.5, 0.6) is 5.75 Å². The van der Waals surface area contributed by atoms with E-state index in [9.17, 15) is 14.4 Å². The van der Waals surface area contributed by atoms with Gasteiger partial charge in [0, 0.05) is 41.9 Å². The fourth-order valence-electron chi connectivity index (χ4n) is 3.68. The maximum Gasteiger partial charge on any atom is 0.303 e. The van der Waals surface area contributed by atoms with Crippen molar-refractivity contribution in [2.24, 2.45) is 0 Å². The molecule has 0 bridgehead atoms. The lowest BCUT2D eigenvalue weighted by molar-refractivity contribution is -0.137. The van der Waals surface area contributed by atoms with Crippen molar-refractivity contribution in [3.05, 3.63) is 88.2 Å². The molecule has 3 aromatic rings. The molecule has 7 heteroatoms. The summed E-state index contributed by atoms with van der Waals surface area (Å²) < 4.78 is 14.6. The van der Waals surface area contributed by atoms with Gasteiger partial charge in [-0.05, 0) is 62.9 Å². The molecule has 0 unspecified atom stereocenters. The molecule has 0 aliphatic carbocycles. The van der Waals surface area contributed by atoms with E-state index in [2.05, 4.69) is 4.98 Å². The second-order valence-electron chi connectivity index (χ2n) is 8.51. The molecule has 0 fully saturated rings. The molecule has 3 rings (SSSR count). The first kappa shape index (κ1) is 24.3. The zero-order valence-electron chi connectivity index (χ0n) is 21.1. The van der Waals surface area contributed by atoms with E-state index >= 15 is 0 Å². The van der Waals surface area contributed by atoms with E-state index in [-0.39, 0.29) is 24.4 Å². The van der Waals surface area contributed by atoms with Crippen LogP contribution in [-0.2, 0) is 11.3 Å².